The van der Waals surface area contributed by atoms with E-state index in [0.29, 0.717) is 46.2 Å². The van der Waals surface area contributed by atoms with Crippen molar-refractivity contribution in [2.75, 3.05) is 12.3 Å². The molecule has 3 rings (SSSR count). The van der Waals surface area contributed by atoms with Crippen LogP contribution < -0.4 is 5.73 Å². The van der Waals surface area contributed by atoms with Crippen molar-refractivity contribution in [3.8, 4) is 6.07 Å². The van der Waals surface area contributed by atoms with E-state index in [9.17, 15) is 14.9 Å². The van der Waals surface area contributed by atoms with Gasteiger partial charge in [0.25, 0.3) is 0 Å². The Morgan fingerprint density at radius 1 is 1.52 bits per heavy atom. The summed E-state index contributed by atoms with van der Waals surface area (Å²) in [5.74, 6) is -0.152. The van der Waals surface area contributed by atoms with Crippen LogP contribution in [0.2, 0.25) is 0 Å². The Morgan fingerprint density at radius 2 is 2.26 bits per heavy atom. The summed E-state index contributed by atoms with van der Waals surface area (Å²) in [6.45, 7) is 2.00. The topological polar surface area (TPSA) is 93.2 Å². The Kier molecular flexibility index (Phi) is 4.15. The predicted molar refractivity (Wildman–Crippen MR) is 87.3 cm³/mol. The summed E-state index contributed by atoms with van der Waals surface area (Å²) in [5.41, 5.74) is 6.03. The number of nitrogen functional groups attached to an aromatic ring is 1. The van der Waals surface area contributed by atoms with Crippen molar-refractivity contribution in [3.63, 3.8) is 0 Å². The lowest BCUT2D eigenvalue weighted by Gasteiger charge is -2.36. The van der Waals surface area contributed by atoms with E-state index in [-0.39, 0.29) is 12.4 Å². The molecular weight excluding hydrogens is 312 g/mol. The first-order valence-electron chi connectivity index (χ1n) is 8.06. The fourth-order valence-corrected chi connectivity index (χ4v) is 4.68. The number of esters is 1. The molecule has 0 radical (unpaired) electrons. The van der Waals surface area contributed by atoms with Gasteiger partial charge in [0.1, 0.15) is 10.4 Å². The number of ether oxygens (including phenoxy) is 1. The SMILES string of the molecule is CCOC(=O)c1c(N)sc2c1CCC(C#N)(CC1CCC1)C2=O. The molecule has 2 aliphatic rings. The van der Waals surface area contributed by atoms with Gasteiger partial charge in [-0.2, -0.15) is 5.26 Å². The maximum Gasteiger partial charge on any atom is 0.341 e. The molecule has 0 aromatic carbocycles. The number of Topliss-reactive ketones (excluding diaryl/α,β-unsaturated/α-hetero) is 1. The zero-order valence-corrected chi connectivity index (χ0v) is 14.0. The van der Waals surface area contributed by atoms with Crippen molar-refractivity contribution in [1.29, 1.82) is 5.26 Å². The molecule has 0 saturated heterocycles. The first-order valence-corrected chi connectivity index (χ1v) is 8.88. The molecule has 1 aromatic heterocycles. The van der Waals surface area contributed by atoms with Gasteiger partial charge in [0.15, 0.2) is 5.78 Å². The van der Waals surface area contributed by atoms with E-state index in [1.54, 1.807) is 6.92 Å². The number of nitrogens with two attached hydrogens (primary N) is 1. The lowest BCUT2D eigenvalue weighted by Crippen LogP contribution is -2.37. The molecule has 23 heavy (non-hydrogen) atoms. The summed E-state index contributed by atoms with van der Waals surface area (Å²) in [6.07, 6.45) is 5.02. The third-order valence-electron chi connectivity index (χ3n) is 5.03. The first kappa shape index (κ1) is 16.0. The maximum atomic E-state index is 13.0. The summed E-state index contributed by atoms with van der Waals surface area (Å²) >= 11 is 1.13. The largest absolute Gasteiger partial charge is 0.462 e. The summed E-state index contributed by atoms with van der Waals surface area (Å²) in [6, 6.07) is 2.29. The zero-order chi connectivity index (χ0) is 16.6. The van der Waals surface area contributed by atoms with Gasteiger partial charge >= 0.3 is 5.97 Å². The highest BCUT2D eigenvalue weighted by molar-refractivity contribution is 7.18. The fraction of sp³-hybridized carbons (Fsp3) is 0.588. The summed E-state index contributed by atoms with van der Waals surface area (Å²) in [4.78, 5) is 25.6. The Bertz CT molecular complexity index is 699. The van der Waals surface area contributed by atoms with Crippen LogP contribution in [0.3, 0.4) is 0 Å². The van der Waals surface area contributed by atoms with Gasteiger partial charge < -0.3 is 10.5 Å². The van der Waals surface area contributed by atoms with Crippen molar-refractivity contribution in [3.05, 3.63) is 16.0 Å². The number of rotatable bonds is 4. The number of carbonyl (C=O) groups excluding carboxylic acids is 2. The van der Waals surface area contributed by atoms with Gasteiger partial charge in [-0.25, -0.2) is 4.79 Å². The van der Waals surface area contributed by atoms with E-state index in [0.717, 1.165) is 24.2 Å². The second kappa shape index (κ2) is 5.97. The molecule has 1 saturated carbocycles. The van der Waals surface area contributed by atoms with E-state index in [2.05, 4.69) is 6.07 Å². The summed E-state index contributed by atoms with van der Waals surface area (Å²) < 4.78 is 5.05. The van der Waals surface area contributed by atoms with Gasteiger partial charge in [-0.3, -0.25) is 4.79 Å². The van der Waals surface area contributed by atoms with Gasteiger partial charge in [0.05, 0.1) is 23.1 Å². The van der Waals surface area contributed by atoms with E-state index in [1.165, 1.54) is 6.42 Å². The molecule has 5 nitrogen and oxygen atoms in total. The average molecular weight is 332 g/mol. The lowest BCUT2D eigenvalue weighted by molar-refractivity contribution is 0.0526. The lowest BCUT2D eigenvalue weighted by atomic mass is 9.65. The van der Waals surface area contributed by atoms with Gasteiger partial charge in [-0.05, 0) is 37.7 Å². The highest BCUT2D eigenvalue weighted by Crippen LogP contribution is 2.48. The third-order valence-corrected chi connectivity index (χ3v) is 6.09. The molecule has 1 unspecified atom stereocenters. The molecule has 6 heteroatoms. The van der Waals surface area contributed by atoms with Crippen LogP contribution in [0.5, 0.6) is 0 Å². The molecule has 2 N–H and O–H groups in total. The number of nitrogens with zero attached hydrogens (tertiary/aromatic N) is 1. The van der Waals surface area contributed by atoms with Crippen LogP contribution in [0, 0.1) is 22.7 Å². The smallest absolute Gasteiger partial charge is 0.341 e. The minimum atomic E-state index is -0.943. The molecule has 1 fully saturated rings. The second-order valence-electron chi connectivity index (χ2n) is 6.39. The third kappa shape index (κ3) is 2.53. The molecule has 0 bridgehead atoms. The Morgan fingerprint density at radius 3 is 2.83 bits per heavy atom. The highest BCUT2D eigenvalue weighted by atomic mass is 32.1. The van der Waals surface area contributed by atoms with Crippen LogP contribution in [-0.2, 0) is 11.2 Å². The number of hydrogen-bond acceptors (Lipinski definition) is 6. The number of anilines is 1. The van der Waals surface area contributed by atoms with Crippen molar-refractivity contribution in [1.82, 2.24) is 0 Å². The Hall–Kier alpha value is -1.87. The van der Waals surface area contributed by atoms with Gasteiger partial charge in [0.2, 0.25) is 0 Å². The predicted octanol–water partition coefficient (Wildman–Crippen LogP) is 3.34. The molecule has 0 amide bonds. The first-order chi connectivity index (χ1) is 11.0. The quantitative estimate of drug-likeness (QED) is 0.854. The number of thiophene rings is 1. The Labute approximate surface area is 139 Å². The maximum absolute atomic E-state index is 13.0. The monoisotopic (exact) mass is 332 g/mol. The molecule has 122 valence electrons. The number of fused-ring (bicyclic) bond motifs is 1. The average Bonchev–Trinajstić information content (AvgIpc) is 2.82. The minimum absolute atomic E-state index is 0.152. The summed E-state index contributed by atoms with van der Waals surface area (Å²) in [7, 11) is 0. The van der Waals surface area contributed by atoms with E-state index >= 15 is 0 Å². The van der Waals surface area contributed by atoms with E-state index in [4.69, 9.17) is 10.5 Å². The van der Waals surface area contributed by atoms with Crippen LogP contribution in [0.4, 0.5) is 5.00 Å². The van der Waals surface area contributed by atoms with E-state index < -0.39 is 11.4 Å². The standard InChI is InChI=1S/C17H20N2O3S/c1-2-22-16(21)12-11-6-7-17(9-18,8-10-4-3-5-10)14(20)13(11)23-15(12)19/h10H,2-8,19H2,1H3. The van der Waals surface area contributed by atoms with Gasteiger partial charge in [0, 0.05) is 0 Å². The molecule has 2 aliphatic carbocycles. The van der Waals surface area contributed by atoms with Gasteiger partial charge in [-0.15, -0.1) is 11.3 Å². The van der Waals surface area contributed by atoms with Crippen LogP contribution in [0.15, 0.2) is 0 Å². The molecule has 1 atom stereocenters. The molecule has 1 heterocycles. The van der Waals surface area contributed by atoms with Crippen molar-refractivity contribution >= 4 is 28.1 Å². The van der Waals surface area contributed by atoms with Crippen molar-refractivity contribution < 1.29 is 14.3 Å². The van der Waals surface area contributed by atoms with Crippen molar-refractivity contribution in [2.24, 2.45) is 11.3 Å². The number of carbonyl (C=O) groups is 2. The van der Waals surface area contributed by atoms with E-state index in [1.807, 2.05) is 0 Å². The van der Waals surface area contributed by atoms with Gasteiger partial charge in [-0.1, -0.05) is 19.3 Å². The molecule has 0 aliphatic heterocycles. The number of nitriles is 1. The summed E-state index contributed by atoms with van der Waals surface area (Å²) in [5, 5.41) is 10.0. The van der Waals surface area contributed by atoms with Crippen LogP contribution in [0.25, 0.3) is 0 Å². The number of hydrogen-bond donors (Lipinski definition) is 1. The highest BCUT2D eigenvalue weighted by Gasteiger charge is 2.47. The van der Waals surface area contributed by atoms with Crippen LogP contribution >= 0.6 is 11.3 Å². The van der Waals surface area contributed by atoms with Crippen LogP contribution in [-0.4, -0.2) is 18.4 Å². The Balaban J connectivity index is 1.95. The van der Waals surface area contributed by atoms with Crippen molar-refractivity contribution in [2.45, 2.75) is 45.4 Å². The molecular formula is C17H20N2O3S. The molecule has 1 aromatic rings. The number of ketones is 1. The fourth-order valence-electron chi connectivity index (χ4n) is 3.54. The van der Waals surface area contributed by atoms with Crippen LogP contribution in [0.1, 0.15) is 64.6 Å². The second-order valence-corrected chi connectivity index (χ2v) is 7.45. The molecule has 0 spiro atoms. The zero-order valence-electron chi connectivity index (χ0n) is 13.2. The minimum Gasteiger partial charge on any atom is -0.462 e. The normalized spacial score (nSPS) is 23.7.